The molecule has 3 aromatic heterocycles. The summed E-state index contributed by atoms with van der Waals surface area (Å²) in [6.45, 7) is 2.08. The molecular weight excluding hydrogens is 342 g/mol. The van der Waals surface area contributed by atoms with Crippen molar-refractivity contribution < 1.29 is 9.21 Å². The minimum Gasteiger partial charge on any atom is -0.467 e. The van der Waals surface area contributed by atoms with Crippen LogP contribution in [0.15, 0.2) is 33.8 Å². The average Bonchev–Trinajstić information content (AvgIpc) is 3.31. The Bertz CT molecular complexity index is 940. The van der Waals surface area contributed by atoms with Crippen molar-refractivity contribution in [2.24, 2.45) is 0 Å². The first-order valence-corrected chi connectivity index (χ1v) is 8.98. The summed E-state index contributed by atoms with van der Waals surface area (Å²) in [6, 6.07) is 3.49. The van der Waals surface area contributed by atoms with E-state index in [1.165, 1.54) is 34.7 Å². The van der Waals surface area contributed by atoms with Gasteiger partial charge in [-0.15, -0.1) is 5.10 Å². The fourth-order valence-corrected chi connectivity index (χ4v) is 3.73. The number of hydrogen-bond acceptors (Lipinski definition) is 7. The van der Waals surface area contributed by atoms with Gasteiger partial charge in [-0.25, -0.2) is 4.98 Å². The predicted molar refractivity (Wildman–Crippen MR) is 93.1 cm³/mol. The van der Waals surface area contributed by atoms with Crippen LogP contribution in [-0.4, -0.2) is 33.6 Å². The second kappa shape index (κ2) is 6.67. The molecule has 0 bridgehead atoms. The van der Waals surface area contributed by atoms with Gasteiger partial charge < -0.3 is 14.6 Å². The normalized spacial score (nSPS) is 14.8. The number of nitrogens with one attached hydrogen (secondary N) is 1. The fourth-order valence-electron chi connectivity index (χ4n) is 2.82. The van der Waals surface area contributed by atoms with Crippen LogP contribution in [0.5, 0.6) is 0 Å². The van der Waals surface area contributed by atoms with E-state index in [0.717, 1.165) is 31.1 Å². The van der Waals surface area contributed by atoms with E-state index >= 15 is 0 Å². The smallest absolute Gasteiger partial charge is 0.288 e. The van der Waals surface area contributed by atoms with E-state index in [9.17, 15) is 9.59 Å². The van der Waals surface area contributed by atoms with Crippen molar-refractivity contribution in [1.82, 2.24) is 19.9 Å². The van der Waals surface area contributed by atoms with Crippen LogP contribution in [0.4, 0.5) is 5.13 Å². The average molecular weight is 359 g/mol. The highest BCUT2D eigenvalue weighted by Crippen LogP contribution is 2.24. The highest BCUT2D eigenvalue weighted by atomic mass is 32.1. The molecule has 1 saturated heterocycles. The maximum Gasteiger partial charge on any atom is 0.288 e. The molecule has 3 aromatic rings. The van der Waals surface area contributed by atoms with Crippen molar-refractivity contribution in [1.29, 1.82) is 0 Å². The third-order valence-corrected chi connectivity index (χ3v) is 5.13. The van der Waals surface area contributed by atoms with E-state index in [1.54, 1.807) is 12.1 Å². The van der Waals surface area contributed by atoms with E-state index in [2.05, 4.69) is 20.3 Å². The Morgan fingerprint density at radius 2 is 2.16 bits per heavy atom. The zero-order chi connectivity index (χ0) is 17.2. The van der Waals surface area contributed by atoms with Crippen molar-refractivity contribution in [3.8, 4) is 0 Å². The molecule has 1 amide bonds. The minimum atomic E-state index is -0.490. The summed E-state index contributed by atoms with van der Waals surface area (Å²) < 4.78 is 6.38. The van der Waals surface area contributed by atoms with Gasteiger partial charge in [0.2, 0.25) is 10.1 Å². The molecular formula is C16H17N5O3S. The lowest BCUT2D eigenvalue weighted by Gasteiger charge is -2.25. The molecule has 1 aliphatic rings. The summed E-state index contributed by atoms with van der Waals surface area (Å²) in [4.78, 5) is 31.8. The van der Waals surface area contributed by atoms with Crippen LogP contribution in [0.25, 0.3) is 4.96 Å². The van der Waals surface area contributed by atoms with Crippen LogP contribution in [0.1, 0.15) is 35.4 Å². The second-order valence-electron chi connectivity index (χ2n) is 5.87. The number of piperidine rings is 1. The zero-order valence-electron chi connectivity index (χ0n) is 13.5. The molecule has 1 fully saturated rings. The number of rotatable bonds is 4. The number of nitrogens with zero attached hydrogens (tertiary/aromatic N) is 4. The molecule has 0 aromatic carbocycles. The van der Waals surface area contributed by atoms with Crippen molar-refractivity contribution in [2.75, 3.05) is 18.0 Å². The van der Waals surface area contributed by atoms with E-state index in [-0.39, 0.29) is 12.1 Å². The molecule has 25 heavy (non-hydrogen) atoms. The predicted octanol–water partition coefficient (Wildman–Crippen LogP) is 1.66. The number of carbonyl (C=O) groups is 1. The summed E-state index contributed by atoms with van der Waals surface area (Å²) in [5.41, 5.74) is -0.485. The number of carbonyl (C=O) groups excluding carboxylic acids is 1. The number of hydrogen-bond donors (Lipinski definition) is 1. The quantitative estimate of drug-likeness (QED) is 0.762. The zero-order valence-corrected chi connectivity index (χ0v) is 14.3. The maximum absolute atomic E-state index is 12.6. The van der Waals surface area contributed by atoms with Crippen molar-refractivity contribution >= 4 is 27.3 Å². The molecule has 4 rings (SSSR count). The third kappa shape index (κ3) is 3.14. The van der Waals surface area contributed by atoms with Crippen molar-refractivity contribution in [3.63, 3.8) is 0 Å². The SMILES string of the molecule is O=C(NCc1ccco1)c1cnc2sc(N3CCCCC3)nn2c1=O. The molecule has 8 nitrogen and oxygen atoms in total. The lowest BCUT2D eigenvalue weighted by molar-refractivity contribution is 0.0946. The summed E-state index contributed by atoms with van der Waals surface area (Å²) in [6.07, 6.45) is 6.31. The standard InChI is InChI=1S/C16H17N5O3S/c22-13(17-9-11-5-4-8-24-11)12-10-18-15-21(14(12)23)19-16(25-15)20-6-2-1-3-7-20/h4-5,8,10H,1-3,6-7,9H2,(H,17,22). The van der Waals surface area contributed by atoms with Gasteiger partial charge in [-0.1, -0.05) is 11.3 Å². The molecule has 0 saturated carbocycles. The Morgan fingerprint density at radius 3 is 2.92 bits per heavy atom. The molecule has 0 unspecified atom stereocenters. The summed E-state index contributed by atoms with van der Waals surface area (Å²) in [7, 11) is 0. The van der Waals surface area contributed by atoms with Gasteiger partial charge in [-0.3, -0.25) is 9.59 Å². The largest absolute Gasteiger partial charge is 0.467 e. The second-order valence-corrected chi connectivity index (χ2v) is 6.80. The Kier molecular flexibility index (Phi) is 4.22. The van der Waals surface area contributed by atoms with E-state index in [0.29, 0.717) is 10.7 Å². The number of anilines is 1. The lowest BCUT2D eigenvalue weighted by atomic mass is 10.1. The van der Waals surface area contributed by atoms with Gasteiger partial charge in [0, 0.05) is 19.3 Å². The molecule has 1 aliphatic heterocycles. The molecule has 4 heterocycles. The Morgan fingerprint density at radius 1 is 1.32 bits per heavy atom. The first-order chi connectivity index (χ1) is 12.2. The Balaban J connectivity index is 1.58. The lowest BCUT2D eigenvalue weighted by Crippen LogP contribution is -2.32. The number of amides is 1. The molecule has 0 atom stereocenters. The summed E-state index contributed by atoms with van der Waals surface area (Å²) in [5, 5.41) is 7.81. The minimum absolute atomic E-state index is 0.0282. The van der Waals surface area contributed by atoms with Gasteiger partial charge in [-0.05, 0) is 31.4 Å². The van der Waals surface area contributed by atoms with E-state index < -0.39 is 11.5 Å². The molecule has 0 radical (unpaired) electrons. The van der Waals surface area contributed by atoms with Crippen LogP contribution in [0.2, 0.25) is 0 Å². The Labute approximate surface area is 147 Å². The third-order valence-electron chi connectivity index (χ3n) is 4.15. The number of furan rings is 1. The Hall–Kier alpha value is -2.68. The van der Waals surface area contributed by atoms with Gasteiger partial charge in [0.05, 0.1) is 12.8 Å². The highest BCUT2D eigenvalue weighted by Gasteiger charge is 2.19. The van der Waals surface area contributed by atoms with Crippen molar-refractivity contribution in [3.05, 3.63) is 46.3 Å². The van der Waals surface area contributed by atoms with Crippen LogP contribution >= 0.6 is 11.3 Å². The van der Waals surface area contributed by atoms with Gasteiger partial charge in [0.15, 0.2) is 0 Å². The van der Waals surface area contributed by atoms with Gasteiger partial charge >= 0.3 is 0 Å². The van der Waals surface area contributed by atoms with Crippen LogP contribution in [-0.2, 0) is 6.54 Å². The molecule has 0 aliphatic carbocycles. The number of fused-ring (bicyclic) bond motifs is 1. The highest BCUT2D eigenvalue weighted by molar-refractivity contribution is 7.20. The fraction of sp³-hybridized carbons (Fsp3) is 0.375. The van der Waals surface area contributed by atoms with E-state index in [4.69, 9.17) is 4.42 Å². The monoisotopic (exact) mass is 359 g/mol. The van der Waals surface area contributed by atoms with Crippen LogP contribution < -0.4 is 15.8 Å². The van der Waals surface area contributed by atoms with Gasteiger partial charge in [-0.2, -0.15) is 4.52 Å². The van der Waals surface area contributed by atoms with Crippen LogP contribution in [0.3, 0.4) is 0 Å². The topological polar surface area (TPSA) is 92.7 Å². The summed E-state index contributed by atoms with van der Waals surface area (Å²) >= 11 is 1.37. The van der Waals surface area contributed by atoms with Gasteiger partial charge in [0.1, 0.15) is 11.3 Å². The maximum atomic E-state index is 12.6. The van der Waals surface area contributed by atoms with Gasteiger partial charge in [0.25, 0.3) is 11.5 Å². The molecule has 130 valence electrons. The molecule has 1 N–H and O–H groups in total. The first-order valence-electron chi connectivity index (χ1n) is 8.17. The van der Waals surface area contributed by atoms with E-state index in [1.807, 2.05) is 0 Å². The first kappa shape index (κ1) is 15.8. The number of aromatic nitrogens is 3. The molecule has 0 spiro atoms. The summed E-state index contributed by atoms with van der Waals surface area (Å²) in [5.74, 6) is 0.124. The van der Waals surface area contributed by atoms with Crippen molar-refractivity contribution in [2.45, 2.75) is 25.8 Å². The van der Waals surface area contributed by atoms with Crippen LogP contribution in [0, 0.1) is 0 Å². The molecule has 9 heteroatoms.